The molecule has 0 aliphatic rings. The van der Waals surface area contributed by atoms with Crippen LogP contribution < -0.4 is 5.32 Å². The minimum absolute atomic E-state index is 0.0748. The predicted molar refractivity (Wildman–Crippen MR) is 92.5 cm³/mol. The van der Waals surface area contributed by atoms with Crippen LogP contribution in [-0.4, -0.2) is 19.7 Å². The van der Waals surface area contributed by atoms with Crippen LogP contribution in [0.5, 0.6) is 0 Å². The Bertz CT molecular complexity index is 914. The van der Waals surface area contributed by atoms with Gasteiger partial charge in [-0.05, 0) is 26.0 Å². The van der Waals surface area contributed by atoms with Crippen molar-refractivity contribution in [3.05, 3.63) is 59.0 Å². The Morgan fingerprint density at radius 2 is 1.73 bits per heavy atom. The molecule has 0 unspecified atom stereocenters. The summed E-state index contributed by atoms with van der Waals surface area (Å²) in [5, 5.41) is 7.08. The van der Waals surface area contributed by atoms with Crippen LogP contribution in [0.2, 0.25) is 0 Å². The fraction of sp³-hybridized carbons (Fsp3) is 0.278. The van der Waals surface area contributed by atoms with Gasteiger partial charge in [0.1, 0.15) is 0 Å². The highest BCUT2D eigenvalue weighted by Crippen LogP contribution is 2.31. The van der Waals surface area contributed by atoms with Gasteiger partial charge in [-0.1, -0.05) is 29.8 Å². The zero-order chi connectivity index (χ0) is 18.9. The minimum Gasteiger partial charge on any atom is -0.349 e. The van der Waals surface area contributed by atoms with Crippen LogP contribution in [0.4, 0.5) is 19.1 Å². The molecule has 1 aromatic carbocycles. The number of benzene rings is 1. The summed E-state index contributed by atoms with van der Waals surface area (Å²) in [5.41, 5.74) is 2.50. The zero-order valence-corrected chi connectivity index (χ0v) is 14.6. The van der Waals surface area contributed by atoms with Crippen molar-refractivity contribution in [2.45, 2.75) is 26.6 Å². The molecule has 26 heavy (non-hydrogen) atoms. The van der Waals surface area contributed by atoms with E-state index in [1.807, 2.05) is 32.0 Å². The van der Waals surface area contributed by atoms with Crippen LogP contribution in [0.25, 0.3) is 11.3 Å². The van der Waals surface area contributed by atoms with Crippen molar-refractivity contribution in [1.29, 1.82) is 0 Å². The topological polar surface area (TPSA) is 55.6 Å². The third kappa shape index (κ3) is 4.01. The van der Waals surface area contributed by atoms with Gasteiger partial charge in [0.05, 0.1) is 23.6 Å². The molecular formula is C18H18F3N5. The first-order valence-electron chi connectivity index (χ1n) is 7.99. The molecule has 3 aromatic rings. The second kappa shape index (κ2) is 6.78. The van der Waals surface area contributed by atoms with Crippen LogP contribution in [-0.2, 0) is 19.8 Å². The van der Waals surface area contributed by atoms with Crippen LogP contribution >= 0.6 is 0 Å². The number of hydrogen-bond donors (Lipinski definition) is 1. The molecule has 1 N–H and O–H groups in total. The number of alkyl halides is 3. The second-order valence-electron chi connectivity index (χ2n) is 6.08. The molecule has 0 spiro atoms. The lowest BCUT2D eigenvalue weighted by Gasteiger charge is -2.12. The normalized spacial score (nSPS) is 11.6. The van der Waals surface area contributed by atoms with Gasteiger partial charge in [-0.15, -0.1) is 0 Å². The molecule has 5 nitrogen and oxygen atoms in total. The van der Waals surface area contributed by atoms with Gasteiger partial charge in [-0.2, -0.15) is 18.3 Å². The largest absolute Gasteiger partial charge is 0.433 e. The van der Waals surface area contributed by atoms with Crippen molar-refractivity contribution < 1.29 is 13.2 Å². The number of rotatable bonds is 4. The van der Waals surface area contributed by atoms with Gasteiger partial charge >= 0.3 is 6.18 Å². The number of halogens is 3. The SMILES string of the molecule is Cc1ccc(-c2cc(C(F)(F)F)nc(NCc3cc(C)nn3C)n2)cc1. The lowest BCUT2D eigenvalue weighted by molar-refractivity contribution is -0.141. The number of anilines is 1. The van der Waals surface area contributed by atoms with Crippen molar-refractivity contribution in [3.63, 3.8) is 0 Å². The van der Waals surface area contributed by atoms with E-state index in [1.165, 1.54) is 0 Å². The van der Waals surface area contributed by atoms with Crippen molar-refractivity contribution in [2.75, 3.05) is 5.32 Å². The lowest BCUT2D eigenvalue weighted by atomic mass is 10.1. The van der Waals surface area contributed by atoms with Crippen LogP contribution in [0, 0.1) is 13.8 Å². The molecule has 0 saturated heterocycles. The first kappa shape index (κ1) is 17.9. The van der Waals surface area contributed by atoms with E-state index < -0.39 is 11.9 Å². The maximum atomic E-state index is 13.2. The third-order valence-electron chi connectivity index (χ3n) is 3.89. The van der Waals surface area contributed by atoms with Crippen LogP contribution in [0.1, 0.15) is 22.6 Å². The fourth-order valence-corrected chi connectivity index (χ4v) is 2.54. The molecular weight excluding hydrogens is 343 g/mol. The lowest BCUT2D eigenvalue weighted by Crippen LogP contribution is -2.13. The molecule has 0 aliphatic carbocycles. The maximum absolute atomic E-state index is 13.2. The monoisotopic (exact) mass is 361 g/mol. The highest BCUT2D eigenvalue weighted by Gasteiger charge is 2.33. The summed E-state index contributed by atoms with van der Waals surface area (Å²) < 4.78 is 41.3. The van der Waals surface area contributed by atoms with E-state index in [4.69, 9.17) is 0 Å². The van der Waals surface area contributed by atoms with Crippen molar-refractivity contribution in [2.24, 2.45) is 7.05 Å². The second-order valence-corrected chi connectivity index (χ2v) is 6.08. The van der Waals surface area contributed by atoms with Crippen molar-refractivity contribution in [1.82, 2.24) is 19.7 Å². The summed E-state index contributed by atoms with van der Waals surface area (Å²) in [7, 11) is 1.77. The summed E-state index contributed by atoms with van der Waals surface area (Å²) >= 11 is 0. The van der Waals surface area contributed by atoms with E-state index >= 15 is 0 Å². The molecule has 8 heteroatoms. The molecule has 0 amide bonds. The summed E-state index contributed by atoms with van der Waals surface area (Å²) in [6, 6.07) is 9.95. The fourth-order valence-electron chi connectivity index (χ4n) is 2.54. The van der Waals surface area contributed by atoms with E-state index in [9.17, 15) is 13.2 Å². The summed E-state index contributed by atoms with van der Waals surface area (Å²) in [6.07, 6.45) is -4.55. The van der Waals surface area contributed by atoms with E-state index in [1.54, 1.807) is 23.9 Å². The Balaban J connectivity index is 1.94. The summed E-state index contributed by atoms with van der Waals surface area (Å²) in [6.45, 7) is 4.03. The quantitative estimate of drug-likeness (QED) is 0.759. The molecule has 0 bridgehead atoms. The Morgan fingerprint density at radius 3 is 2.31 bits per heavy atom. The average molecular weight is 361 g/mol. The molecule has 3 rings (SSSR count). The molecule has 136 valence electrons. The molecule has 2 aromatic heterocycles. The molecule has 0 radical (unpaired) electrons. The minimum atomic E-state index is -4.55. The molecule has 0 saturated carbocycles. The van der Waals surface area contributed by atoms with E-state index in [-0.39, 0.29) is 18.2 Å². The Hall–Kier alpha value is -2.90. The van der Waals surface area contributed by atoms with E-state index in [0.717, 1.165) is 23.0 Å². The van der Waals surface area contributed by atoms with Gasteiger partial charge in [0.15, 0.2) is 5.69 Å². The first-order chi connectivity index (χ1) is 12.2. The summed E-state index contributed by atoms with van der Waals surface area (Å²) in [4.78, 5) is 7.87. The maximum Gasteiger partial charge on any atom is 0.433 e. The Kier molecular flexibility index (Phi) is 4.67. The Labute approximate surface area is 148 Å². The number of aromatic nitrogens is 4. The van der Waals surface area contributed by atoms with Gasteiger partial charge in [0.25, 0.3) is 0 Å². The summed E-state index contributed by atoms with van der Waals surface area (Å²) in [5.74, 6) is -0.0748. The van der Waals surface area contributed by atoms with Crippen molar-refractivity contribution in [3.8, 4) is 11.3 Å². The first-order valence-corrected chi connectivity index (χ1v) is 7.99. The number of nitrogens with one attached hydrogen (secondary N) is 1. The highest BCUT2D eigenvalue weighted by molar-refractivity contribution is 5.61. The number of nitrogens with zero attached hydrogens (tertiary/aromatic N) is 4. The highest BCUT2D eigenvalue weighted by atomic mass is 19.4. The molecule has 2 heterocycles. The van der Waals surface area contributed by atoms with Gasteiger partial charge < -0.3 is 5.32 Å². The van der Waals surface area contributed by atoms with E-state index in [0.29, 0.717) is 5.56 Å². The zero-order valence-electron chi connectivity index (χ0n) is 14.6. The third-order valence-corrected chi connectivity index (χ3v) is 3.89. The molecule has 0 atom stereocenters. The Morgan fingerprint density at radius 1 is 1.04 bits per heavy atom. The standard InChI is InChI=1S/C18H18F3N5/c1-11-4-6-13(7-5-11)15-9-16(18(19,20)21)24-17(23-15)22-10-14-8-12(2)25-26(14)3/h4-9H,10H2,1-3H3,(H,22,23,24). The van der Waals surface area contributed by atoms with Crippen LogP contribution in [0.3, 0.4) is 0 Å². The molecule has 0 aliphatic heterocycles. The van der Waals surface area contributed by atoms with Gasteiger partial charge in [0, 0.05) is 12.6 Å². The molecule has 0 fully saturated rings. The number of aryl methyl sites for hydroxylation is 3. The van der Waals surface area contributed by atoms with Gasteiger partial charge in [-0.25, -0.2) is 9.97 Å². The predicted octanol–water partition coefficient (Wildman–Crippen LogP) is 4.12. The van der Waals surface area contributed by atoms with E-state index in [2.05, 4.69) is 20.4 Å². The smallest absolute Gasteiger partial charge is 0.349 e. The average Bonchev–Trinajstić information content (AvgIpc) is 2.90. The number of hydrogen-bond acceptors (Lipinski definition) is 4. The van der Waals surface area contributed by atoms with Crippen molar-refractivity contribution >= 4 is 5.95 Å². The van der Waals surface area contributed by atoms with Gasteiger partial charge in [-0.3, -0.25) is 4.68 Å². The van der Waals surface area contributed by atoms with Gasteiger partial charge in [0.2, 0.25) is 5.95 Å². The van der Waals surface area contributed by atoms with Crippen LogP contribution in [0.15, 0.2) is 36.4 Å².